The Bertz CT molecular complexity index is 748. The molecule has 0 saturated carbocycles. The Morgan fingerprint density at radius 3 is 2.39 bits per heavy atom. The summed E-state index contributed by atoms with van der Waals surface area (Å²) in [6.07, 6.45) is 2.95. The molecule has 1 heterocycles. The van der Waals surface area contributed by atoms with Crippen LogP contribution in [0.1, 0.15) is 36.4 Å². The number of aryl methyl sites for hydroxylation is 1. The number of rotatable bonds is 7. The van der Waals surface area contributed by atoms with Gasteiger partial charge >= 0.3 is 0 Å². The van der Waals surface area contributed by atoms with E-state index in [2.05, 4.69) is 0 Å². The summed E-state index contributed by atoms with van der Waals surface area (Å²) < 4.78 is 31.9. The monoisotopic (exact) mass is 335 g/mol. The molecule has 23 heavy (non-hydrogen) atoms. The zero-order valence-electron chi connectivity index (χ0n) is 13.5. The largest absolute Gasteiger partial charge is 0.469 e. The molecule has 0 fully saturated rings. The maximum absolute atomic E-state index is 12.6. The highest BCUT2D eigenvalue weighted by molar-refractivity contribution is 7.89. The number of sulfonamides is 1. The van der Waals surface area contributed by atoms with E-state index in [0.717, 1.165) is 5.76 Å². The Kier molecular flexibility index (Phi) is 5.38. The Morgan fingerprint density at radius 1 is 1.22 bits per heavy atom. The number of carbonyl (C=O) groups is 1. The first-order valence-corrected chi connectivity index (χ1v) is 8.88. The van der Waals surface area contributed by atoms with Crippen LogP contribution in [0.25, 0.3) is 0 Å². The fourth-order valence-electron chi connectivity index (χ4n) is 2.25. The Balaban J connectivity index is 2.09. The zero-order valence-corrected chi connectivity index (χ0v) is 14.3. The molecule has 2 rings (SSSR count). The van der Waals surface area contributed by atoms with Gasteiger partial charge in [0.2, 0.25) is 10.0 Å². The van der Waals surface area contributed by atoms with Crippen molar-refractivity contribution in [3.63, 3.8) is 0 Å². The van der Waals surface area contributed by atoms with E-state index in [1.165, 1.54) is 35.5 Å². The van der Waals surface area contributed by atoms with Gasteiger partial charge in [0, 0.05) is 25.1 Å². The summed E-state index contributed by atoms with van der Waals surface area (Å²) in [4.78, 5) is 11.5. The summed E-state index contributed by atoms with van der Waals surface area (Å²) in [5, 5.41) is 0. The first-order valence-electron chi connectivity index (χ1n) is 7.44. The molecule has 0 saturated heterocycles. The number of benzene rings is 1. The van der Waals surface area contributed by atoms with Gasteiger partial charge in [-0.25, -0.2) is 8.42 Å². The third-order valence-corrected chi connectivity index (χ3v) is 5.93. The summed E-state index contributed by atoms with van der Waals surface area (Å²) >= 11 is 0. The van der Waals surface area contributed by atoms with Crippen LogP contribution in [0.5, 0.6) is 0 Å². The number of carbonyl (C=O) groups excluding carboxylic acids is 1. The molecule has 0 spiro atoms. The van der Waals surface area contributed by atoms with Crippen LogP contribution >= 0.6 is 0 Å². The summed E-state index contributed by atoms with van der Waals surface area (Å²) in [5.41, 5.74) is 0.498. The first kappa shape index (κ1) is 17.4. The molecule has 1 aromatic heterocycles. The number of furan rings is 1. The van der Waals surface area contributed by atoms with Crippen molar-refractivity contribution in [2.24, 2.45) is 0 Å². The molecule has 124 valence electrons. The lowest BCUT2D eigenvalue weighted by Crippen LogP contribution is -2.35. The molecular formula is C17H21NO4S. The molecule has 6 heteroatoms. The van der Waals surface area contributed by atoms with E-state index in [4.69, 9.17) is 4.42 Å². The molecule has 0 aliphatic rings. The molecule has 0 aliphatic heterocycles. The number of hydrogen-bond acceptors (Lipinski definition) is 4. The summed E-state index contributed by atoms with van der Waals surface area (Å²) in [6.45, 7) is 3.32. The number of nitrogens with zero attached hydrogens (tertiary/aromatic N) is 1. The van der Waals surface area contributed by atoms with E-state index in [1.54, 1.807) is 13.3 Å². The lowest BCUT2D eigenvalue weighted by Gasteiger charge is -2.24. The van der Waals surface area contributed by atoms with Gasteiger partial charge in [-0.15, -0.1) is 0 Å². The predicted molar refractivity (Wildman–Crippen MR) is 87.9 cm³/mol. The summed E-state index contributed by atoms with van der Waals surface area (Å²) in [5.74, 6) is 0.752. The van der Waals surface area contributed by atoms with Crippen molar-refractivity contribution in [1.82, 2.24) is 4.31 Å². The minimum Gasteiger partial charge on any atom is -0.469 e. The third kappa shape index (κ3) is 4.09. The molecule has 5 nitrogen and oxygen atoms in total. The van der Waals surface area contributed by atoms with Gasteiger partial charge < -0.3 is 4.42 Å². The van der Waals surface area contributed by atoms with Crippen LogP contribution < -0.4 is 0 Å². The van der Waals surface area contributed by atoms with Gasteiger partial charge in [-0.1, -0.05) is 12.1 Å². The molecule has 0 amide bonds. The minimum absolute atomic E-state index is 0.0888. The van der Waals surface area contributed by atoms with Crippen LogP contribution in [-0.2, 0) is 16.4 Å². The molecule has 1 aromatic carbocycles. The van der Waals surface area contributed by atoms with Gasteiger partial charge in [-0.3, -0.25) is 4.79 Å². The highest BCUT2D eigenvalue weighted by Crippen LogP contribution is 2.19. The van der Waals surface area contributed by atoms with Crippen molar-refractivity contribution in [1.29, 1.82) is 0 Å². The Hall–Kier alpha value is -1.92. The van der Waals surface area contributed by atoms with Crippen molar-refractivity contribution < 1.29 is 17.6 Å². The molecule has 1 atom stereocenters. The molecule has 0 bridgehead atoms. The highest BCUT2D eigenvalue weighted by atomic mass is 32.2. The van der Waals surface area contributed by atoms with E-state index in [1.807, 2.05) is 19.1 Å². The second-order valence-corrected chi connectivity index (χ2v) is 7.57. The van der Waals surface area contributed by atoms with Crippen LogP contribution in [0.2, 0.25) is 0 Å². The Morgan fingerprint density at radius 2 is 1.87 bits per heavy atom. The topological polar surface area (TPSA) is 67.6 Å². The van der Waals surface area contributed by atoms with Crippen LogP contribution in [0.3, 0.4) is 0 Å². The van der Waals surface area contributed by atoms with Gasteiger partial charge in [0.25, 0.3) is 0 Å². The van der Waals surface area contributed by atoms with Crippen molar-refractivity contribution in [3.05, 3.63) is 54.0 Å². The lowest BCUT2D eigenvalue weighted by molar-refractivity contribution is 0.101. The van der Waals surface area contributed by atoms with Crippen molar-refractivity contribution in [3.8, 4) is 0 Å². The van der Waals surface area contributed by atoms with E-state index in [0.29, 0.717) is 18.4 Å². The molecule has 0 N–H and O–H groups in total. The van der Waals surface area contributed by atoms with Gasteiger partial charge in [-0.2, -0.15) is 4.31 Å². The van der Waals surface area contributed by atoms with Crippen molar-refractivity contribution >= 4 is 15.8 Å². The zero-order chi connectivity index (χ0) is 17.0. The molecule has 0 aliphatic carbocycles. The van der Waals surface area contributed by atoms with Gasteiger partial charge in [0.15, 0.2) is 5.78 Å². The minimum atomic E-state index is -3.58. The van der Waals surface area contributed by atoms with E-state index in [9.17, 15) is 13.2 Å². The van der Waals surface area contributed by atoms with Gasteiger partial charge in [0.05, 0.1) is 11.2 Å². The SMILES string of the molecule is CC(=O)c1ccc(S(=O)(=O)N(C)[C@@H](C)CCc2ccco2)cc1. The van der Waals surface area contributed by atoms with Crippen molar-refractivity contribution in [2.75, 3.05) is 7.05 Å². The van der Waals surface area contributed by atoms with Crippen LogP contribution in [-0.4, -0.2) is 31.6 Å². The average molecular weight is 335 g/mol. The average Bonchev–Trinajstić information content (AvgIpc) is 3.05. The lowest BCUT2D eigenvalue weighted by atomic mass is 10.1. The fourth-order valence-corrected chi connectivity index (χ4v) is 3.64. The van der Waals surface area contributed by atoms with E-state index >= 15 is 0 Å². The second kappa shape index (κ2) is 7.10. The predicted octanol–water partition coefficient (Wildman–Crippen LogP) is 3.12. The number of hydrogen-bond donors (Lipinski definition) is 0. The maximum atomic E-state index is 12.6. The maximum Gasteiger partial charge on any atom is 0.243 e. The van der Waals surface area contributed by atoms with Crippen LogP contribution in [0.4, 0.5) is 0 Å². The summed E-state index contributed by atoms with van der Waals surface area (Å²) in [6, 6.07) is 9.55. The van der Waals surface area contributed by atoms with Crippen LogP contribution in [0, 0.1) is 0 Å². The van der Waals surface area contributed by atoms with Crippen molar-refractivity contribution in [2.45, 2.75) is 37.6 Å². The highest BCUT2D eigenvalue weighted by Gasteiger charge is 2.25. The molecule has 0 unspecified atom stereocenters. The number of ketones is 1. The standard InChI is InChI=1S/C17H21NO4S/c1-13(6-9-16-5-4-12-22-16)18(3)23(20,21)17-10-7-15(8-11-17)14(2)19/h4-5,7-8,10-13H,6,9H2,1-3H3/t13-/m0/s1. The summed E-state index contributed by atoms with van der Waals surface area (Å²) in [7, 11) is -2.01. The first-order chi connectivity index (χ1) is 10.8. The number of Topliss-reactive ketones (excluding diaryl/α,β-unsaturated/α-hetero) is 1. The second-order valence-electron chi connectivity index (χ2n) is 5.57. The van der Waals surface area contributed by atoms with E-state index < -0.39 is 10.0 Å². The van der Waals surface area contributed by atoms with E-state index in [-0.39, 0.29) is 16.7 Å². The normalized spacial score (nSPS) is 13.2. The molecule has 0 radical (unpaired) electrons. The third-order valence-electron chi connectivity index (χ3n) is 3.95. The quantitative estimate of drug-likeness (QED) is 0.729. The molecular weight excluding hydrogens is 314 g/mol. The molecule has 2 aromatic rings. The van der Waals surface area contributed by atoms with Gasteiger partial charge in [0.1, 0.15) is 5.76 Å². The smallest absolute Gasteiger partial charge is 0.243 e. The Labute approximate surface area is 137 Å². The fraction of sp³-hybridized carbons (Fsp3) is 0.353. The van der Waals surface area contributed by atoms with Gasteiger partial charge in [-0.05, 0) is 44.5 Å². The van der Waals surface area contributed by atoms with Crippen LogP contribution in [0.15, 0.2) is 52.0 Å².